The van der Waals surface area contributed by atoms with Crippen molar-refractivity contribution >= 4 is 60.7 Å². The Morgan fingerprint density at radius 1 is 0.281 bits per heavy atom. The predicted molar refractivity (Wildman–Crippen MR) is 241 cm³/mol. The van der Waals surface area contributed by atoms with Gasteiger partial charge in [0.25, 0.3) is 0 Å². The van der Waals surface area contributed by atoms with E-state index in [0.717, 1.165) is 28.4 Å². The van der Waals surface area contributed by atoms with E-state index in [9.17, 15) is 0 Å². The highest BCUT2D eigenvalue weighted by atomic mass is 15.1. The first-order chi connectivity index (χ1) is 28.3. The van der Waals surface area contributed by atoms with E-state index in [1.54, 1.807) is 0 Å². The van der Waals surface area contributed by atoms with Crippen LogP contribution in [0.1, 0.15) is 0 Å². The number of aromatic nitrogens is 2. The van der Waals surface area contributed by atoms with E-state index in [4.69, 9.17) is 0 Å². The van der Waals surface area contributed by atoms with Gasteiger partial charge in [-0.25, -0.2) is 0 Å². The summed E-state index contributed by atoms with van der Waals surface area (Å²) in [5.41, 5.74) is 15.2. The maximum absolute atomic E-state index is 2.47. The molecule has 0 aliphatic heterocycles. The molecule has 9 aromatic carbocycles. The van der Waals surface area contributed by atoms with Gasteiger partial charge in [-0.1, -0.05) is 146 Å². The highest BCUT2D eigenvalue weighted by Crippen LogP contribution is 2.43. The number of rotatable bonds is 7. The predicted octanol–water partition coefficient (Wildman–Crippen LogP) is 14.7. The van der Waals surface area contributed by atoms with E-state index >= 15 is 0 Å². The van der Waals surface area contributed by atoms with Gasteiger partial charge in [-0.05, 0) is 101 Å². The van der Waals surface area contributed by atoms with Crippen molar-refractivity contribution in [1.82, 2.24) is 9.13 Å². The van der Waals surface area contributed by atoms with Gasteiger partial charge in [0.05, 0.1) is 22.1 Å². The maximum Gasteiger partial charge on any atom is 0.0641 e. The summed E-state index contributed by atoms with van der Waals surface area (Å²) in [7, 11) is 0. The molecule has 2 heterocycles. The molecule has 3 heteroatoms. The number of para-hydroxylation sites is 3. The van der Waals surface area contributed by atoms with Crippen molar-refractivity contribution in [1.29, 1.82) is 0 Å². The summed E-state index contributed by atoms with van der Waals surface area (Å²) in [6.07, 6.45) is 0. The van der Waals surface area contributed by atoms with Crippen molar-refractivity contribution in [2.75, 3.05) is 4.90 Å². The zero-order valence-electron chi connectivity index (χ0n) is 31.2. The summed E-state index contributed by atoms with van der Waals surface area (Å²) in [5, 5.41) is 4.97. The number of hydrogen-bond donors (Lipinski definition) is 0. The fraction of sp³-hybridized carbons (Fsp3) is 0. The Balaban J connectivity index is 1.09. The largest absolute Gasteiger partial charge is 0.310 e. The zero-order valence-corrected chi connectivity index (χ0v) is 31.2. The highest BCUT2D eigenvalue weighted by Gasteiger charge is 2.21. The molecule has 0 amide bonds. The molecule has 11 aromatic rings. The van der Waals surface area contributed by atoms with Crippen LogP contribution < -0.4 is 4.90 Å². The van der Waals surface area contributed by atoms with Gasteiger partial charge in [0.15, 0.2) is 0 Å². The molecule has 57 heavy (non-hydrogen) atoms. The van der Waals surface area contributed by atoms with Crippen molar-refractivity contribution in [3.63, 3.8) is 0 Å². The Hall–Kier alpha value is -7.62. The van der Waals surface area contributed by atoms with Gasteiger partial charge < -0.3 is 14.0 Å². The molecule has 0 fully saturated rings. The monoisotopic (exact) mass is 727 g/mol. The van der Waals surface area contributed by atoms with Gasteiger partial charge in [0.1, 0.15) is 0 Å². The van der Waals surface area contributed by atoms with E-state index < -0.39 is 0 Å². The molecule has 0 saturated carbocycles. The van der Waals surface area contributed by atoms with Crippen LogP contribution in [0.15, 0.2) is 224 Å². The first-order valence-corrected chi connectivity index (χ1v) is 19.5. The van der Waals surface area contributed by atoms with Crippen LogP contribution >= 0.6 is 0 Å². The molecular weight excluding hydrogens is 691 g/mol. The second kappa shape index (κ2) is 13.6. The standard InChI is InChI=1S/C54H37N3/c1-4-15-38(16-5-1)40-27-29-44(30-28-40)56-51-26-13-11-24-49(51)53-52(56)36-35-48-47-23-10-12-25-50(47)57(54(48)53)45-33-31-43(32-34-45)55(42-20-8-3-9-21-42)46-22-14-19-41(37-46)39-17-6-2-7-18-39/h1-37H. The third kappa shape index (κ3) is 5.51. The smallest absolute Gasteiger partial charge is 0.0641 e. The first-order valence-electron chi connectivity index (χ1n) is 19.5. The van der Waals surface area contributed by atoms with Gasteiger partial charge in [-0.15, -0.1) is 0 Å². The van der Waals surface area contributed by atoms with Gasteiger partial charge in [-0.2, -0.15) is 0 Å². The molecular formula is C54H37N3. The summed E-state index contributed by atoms with van der Waals surface area (Å²) >= 11 is 0. The molecule has 3 nitrogen and oxygen atoms in total. The van der Waals surface area contributed by atoms with Gasteiger partial charge in [0, 0.05) is 50.0 Å². The lowest BCUT2D eigenvalue weighted by Crippen LogP contribution is -2.10. The van der Waals surface area contributed by atoms with Crippen LogP contribution in [0.4, 0.5) is 17.1 Å². The molecule has 2 aromatic heterocycles. The number of hydrogen-bond acceptors (Lipinski definition) is 1. The van der Waals surface area contributed by atoms with Crippen LogP contribution in [-0.2, 0) is 0 Å². The average Bonchev–Trinajstić information content (AvgIpc) is 3.81. The second-order valence-corrected chi connectivity index (χ2v) is 14.6. The molecule has 0 spiro atoms. The molecule has 0 unspecified atom stereocenters. The molecule has 0 bridgehead atoms. The molecule has 0 saturated heterocycles. The normalized spacial score (nSPS) is 11.5. The first kappa shape index (κ1) is 32.8. The van der Waals surface area contributed by atoms with E-state index in [2.05, 4.69) is 238 Å². The third-order valence-electron chi connectivity index (χ3n) is 11.3. The second-order valence-electron chi connectivity index (χ2n) is 14.6. The van der Waals surface area contributed by atoms with Gasteiger partial charge in [-0.3, -0.25) is 0 Å². The van der Waals surface area contributed by atoms with Crippen molar-refractivity contribution < 1.29 is 0 Å². The molecule has 11 rings (SSSR count). The highest BCUT2D eigenvalue weighted by molar-refractivity contribution is 6.26. The molecule has 0 radical (unpaired) electrons. The van der Waals surface area contributed by atoms with Crippen LogP contribution in [0, 0.1) is 0 Å². The topological polar surface area (TPSA) is 13.1 Å². The fourth-order valence-corrected chi connectivity index (χ4v) is 8.72. The molecule has 0 aliphatic carbocycles. The summed E-state index contributed by atoms with van der Waals surface area (Å²) in [4.78, 5) is 2.34. The van der Waals surface area contributed by atoms with Crippen LogP contribution in [0.3, 0.4) is 0 Å². The van der Waals surface area contributed by atoms with Gasteiger partial charge >= 0.3 is 0 Å². The lowest BCUT2D eigenvalue weighted by molar-refractivity contribution is 1.17. The minimum absolute atomic E-state index is 1.09. The molecule has 0 N–H and O–H groups in total. The van der Waals surface area contributed by atoms with Crippen LogP contribution in [-0.4, -0.2) is 9.13 Å². The number of anilines is 3. The van der Waals surface area contributed by atoms with Crippen LogP contribution in [0.25, 0.3) is 77.2 Å². The van der Waals surface area contributed by atoms with E-state index in [1.165, 1.54) is 65.9 Å². The summed E-state index contributed by atoms with van der Waals surface area (Å²) in [5.74, 6) is 0. The summed E-state index contributed by atoms with van der Waals surface area (Å²) in [6.45, 7) is 0. The quantitative estimate of drug-likeness (QED) is 0.159. The Morgan fingerprint density at radius 3 is 1.47 bits per heavy atom. The number of fused-ring (bicyclic) bond motifs is 7. The maximum atomic E-state index is 2.47. The third-order valence-corrected chi connectivity index (χ3v) is 11.3. The van der Waals surface area contributed by atoms with Crippen molar-refractivity contribution in [2.45, 2.75) is 0 Å². The van der Waals surface area contributed by atoms with E-state index in [-0.39, 0.29) is 0 Å². The zero-order chi connectivity index (χ0) is 37.7. The van der Waals surface area contributed by atoms with E-state index in [0.29, 0.717) is 0 Å². The molecule has 268 valence electrons. The van der Waals surface area contributed by atoms with Crippen molar-refractivity contribution in [3.8, 4) is 33.6 Å². The Bertz CT molecular complexity index is 3200. The molecule has 0 aliphatic rings. The number of benzene rings is 9. The summed E-state index contributed by atoms with van der Waals surface area (Å²) < 4.78 is 4.89. The Labute approximate surface area is 331 Å². The van der Waals surface area contributed by atoms with Crippen molar-refractivity contribution in [2.24, 2.45) is 0 Å². The van der Waals surface area contributed by atoms with Gasteiger partial charge in [0.2, 0.25) is 0 Å². The SMILES string of the molecule is c1ccc(-c2ccc(-n3c4ccccc4c4c3ccc3c5ccccc5n(-c5ccc(N(c6ccccc6)c6cccc(-c7ccccc7)c6)cc5)c34)cc2)cc1. The molecule has 0 atom stereocenters. The van der Waals surface area contributed by atoms with E-state index in [1.807, 2.05) is 0 Å². The fourth-order valence-electron chi connectivity index (χ4n) is 8.72. The van der Waals surface area contributed by atoms with Crippen molar-refractivity contribution in [3.05, 3.63) is 224 Å². The number of nitrogens with zero attached hydrogens (tertiary/aromatic N) is 3. The average molecular weight is 728 g/mol. The van der Waals surface area contributed by atoms with Crippen LogP contribution in [0.5, 0.6) is 0 Å². The summed E-state index contributed by atoms with van der Waals surface area (Å²) in [6, 6.07) is 81.0. The lowest BCUT2D eigenvalue weighted by Gasteiger charge is -2.26. The lowest BCUT2D eigenvalue weighted by atomic mass is 10.0. The Kier molecular flexibility index (Phi) is 7.82. The Morgan fingerprint density at radius 2 is 0.772 bits per heavy atom. The minimum Gasteiger partial charge on any atom is -0.310 e. The minimum atomic E-state index is 1.09. The van der Waals surface area contributed by atoms with Crippen LogP contribution in [0.2, 0.25) is 0 Å².